The van der Waals surface area contributed by atoms with E-state index in [1.807, 2.05) is 64.1 Å². The molecule has 226 valence electrons. The Bertz CT molecular complexity index is 1550. The van der Waals surface area contributed by atoms with Gasteiger partial charge in [-0.15, -0.1) is 0 Å². The zero-order chi connectivity index (χ0) is 31.1. The Morgan fingerprint density at radius 3 is 2.28 bits per heavy atom. The van der Waals surface area contributed by atoms with Crippen LogP contribution in [-0.2, 0) is 20.6 Å². The van der Waals surface area contributed by atoms with Gasteiger partial charge in [0.25, 0.3) is 0 Å². The first-order valence-corrected chi connectivity index (χ1v) is 14.8. The Kier molecular flexibility index (Phi) is 8.69. The van der Waals surface area contributed by atoms with Gasteiger partial charge < -0.3 is 29.4 Å². The van der Waals surface area contributed by atoms with Crippen LogP contribution in [0.5, 0.6) is 5.88 Å². The van der Waals surface area contributed by atoms with E-state index in [1.165, 1.54) is 12.0 Å². The number of pyridine rings is 1. The number of halogens is 2. The lowest BCUT2D eigenvalue weighted by atomic mass is 9.77. The maximum absolute atomic E-state index is 12.0. The molecule has 0 bridgehead atoms. The number of aromatic nitrogens is 1. The highest BCUT2D eigenvalue weighted by molar-refractivity contribution is 6.66. The molecule has 0 radical (unpaired) electrons. The fraction of sp³-hybridized carbons (Fsp3) is 0.387. The van der Waals surface area contributed by atoms with Crippen LogP contribution in [0.3, 0.4) is 0 Å². The minimum absolute atomic E-state index is 0.0489. The number of amides is 2. The maximum atomic E-state index is 12.0. The van der Waals surface area contributed by atoms with E-state index in [-0.39, 0.29) is 30.9 Å². The second-order valence-corrected chi connectivity index (χ2v) is 12.6. The van der Waals surface area contributed by atoms with Crippen LogP contribution in [0.4, 0.5) is 4.79 Å². The number of methoxy groups -OCH3 is 1. The fourth-order valence-corrected chi connectivity index (χ4v) is 5.90. The van der Waals surface area contributed by atoms with Gasteiger partial charge in [0.2, 0.25) is 11.8 Å². The smallest absolute Gasteiger partial charge is 0.481 e. The Morgan fingerprint density at radius 2 is 1.67 bits per heavy atom. The summed E-state index contributed by atoms with van der Waals surface area (Å²) in [5.74, 6) is 0.209. The zero-order valence-corrected chi connectivity index (χ0v) is 26.3. The largest absolute Gasteiger partial charge is 0.496 e. The molecule has 0 unspecified atom stereocenters. The van der Waals surface area contributed by atoms with Crippen LogP contribution in [0, 0.1) is 0 Å². The molecule has 2 aliphatic rings. The first-order valence-electron chi connectivity index (χ1n) is 14.1. The number of carbonyl (C=O) groups is 2. The molecule has 2 amide bonds. The van der Waals surface area contributed by atoms with Gasteiger partial charge in [-0.25, -0.2) is 9.78 Å². The van der Waals surface area contributed by atoms with Gasteiger partial charge in [0, 0.05) is 51.7 Å². The van der Waals surface area contributed by atoms with Gasteiger partial charge in [-0.05, 0) is 46.2 Å². The predicted molar refractivity (Wildman–Crippen MR) is 167 cm³/mol. The van der Waals surface area contributed by atoms with Crippen LogP contribution in [0.1, 0.15) is 46.1 Å². The summed E-state index contributed by atoms with van der Waals surface area (Å²) < 4.78 is 18.0. The molecule has 12 heteroatoms. The molecule has 3 heterocycles. The summed E-state index contributed by atoms with van der Waals surface area (Å²) in [5, 5.41) is 13.5. The lowest BCUT2D eigenvalue weighted by Crippen LogP contribution is -2.41. The van der Waals surface area contributed by atoms with Gasteiger partial charge in [0.1, 0.15) is 0 Å². The average molecular weight is 626 g/mol. The van der Waals surface area contributed by atoms with Crippen molar-refractivity contribution in [1.29, 1.82) is 0 Å². The Labute approximate surface area is 261 Å². The first kappa shape index (κ1) is 31.1. The van der Waals surface area contributed by atoms with E-state index >= 15 is 0 Å². The highest BCUT2D eigenvalue weighted by atomic mass is 35.5. The Hall–Kier alpha value is -3.31. The standard InChI is InChI=1S/C31H34BCl2N3O6/c1-30(2)31(3,4)43-32(42-30)23-11-7-9-21(27(23)34)20-8-6-10-22(26(20)33)24-14-12-18(28(36-24)41-5)16-37(29(39)40)17-19-13-15-25(38)35-19/h6-12,14,19H,13,15-17H2,1-5H3,(H,35,38)(H,39,40)/t19-/m1/s1. The molecule has 2 fully saturated rings. The molecule has 2 saturated heterocycles. The van der Waals surface area contributed by atoms with Crippen molar-refractivity contribution in [1.82, 2.24) is 15.2 Å². The van der Waals surface area contributed by atoms with Crippen LogP contribution in [0.25, 0.3) is 22.4 Å². The van der Waals surface area contributed by atoms with Crippen molar-refractivity contribution in [2.45, 2.75) is 64.3 Å². The minimum Gasteiger partial charge on any atom is -0.481 e. The molecule has 3 aromatic rings. The Morgan fingerprint density at radius 1 is 1.05 bits per heavy atom. The molecule has 2 aromatic carbocycles. The summed E-state index contributed by atoms with van der Waals surface area (Å²) in [6.07, 6.45) is -0.108. The van der Waals surface area contributed by atoms with Gasteiger partial charge in [-0.3, -0.25) is 4.79 Å². The van der Waals surface area contributed by atoms with Crippen LogP contribution < -0.4 is 15.5 Å². The number of nitrogens with zero attached hydrogens (tertiary/aromatic N) is 2. The van der Waals surface area contributed by atoms with E-state index in [0.29, 0.717) is 50.7 Å². The molecule has 2 N–H and O–H groups in total. The predicted octanol–water partition coefficient (Wildman–Crippen LogP) is 5.79. The fourth-order valence-electron chi connectivity index (χ4n) is 5.26. The second kappa shape index (κ2) is 12.0. The molecule has 2 aliphatic heterocycles. The highest BCUT2D eigenvalue weighted by Gasteiger charge is 2.52. The summed E-state index contributed by atoms with van der Waals surface area (Å²) in [5.41, 5.74) is 2.91. The Balaban J connectivity index is 1.44. The average Bonchev–Trinajstić information content (AvgIpc) is 3.46. The summed E-state index contributed by atoms with van der Waals surface area (Å²) >= 11 is 14.0. The van der Waals surface area contributed by atoms with Crippen molar-refractivity contribution < 1.29 is 28.7 Å². The minimum atomic E-state index is -1.09. The third kappa shape index (κ3) is 6.20. The molecule has 43 heavy (non-hydrogen) atoms. The normalized spacial score (nSPS) is 18.9. The van der Waals surface area contributed by atoms with E-state index in [4.69, 9.17) is 37.2 Å². The van der Waals surface area contributed by atoms with E-state index in [1.54, 1.807) is 12.1 Å². The summed E-state index contributed by atoms with van der Waals surface area (Å²) in [6, 6.07) is 14.6. The van der Waals surface area contributed by atoms with Gasteiger partial charge in [-0.1, -0.05) is 59.6 Å². The van der Waals surface area contributed by atoms with Crippen molar-refractivity contribution in [3.63, 3.8) is 0 Å². The van der Waals surface area contributed by atoms with Crippen LogP contribution in [0.2, 0.25) is 10.0 Å². The molecule has 1 aromatic heterocycles. The summed E-state index contributed by atoms with van der Waals surface area (Å²) in [6.45, 7) is 8.19. The number of nitrogens with one attached hydrogen (secondary N) is 1. The number of ether oxygens (including phenoxy) is 1. The van der Waals surface area contributed by atoms with Crippen molar-refractivity contribution in [3.8, 4) is 28.3 Å². The monoisotopic (exact) mass is 625 g/mol. The topological polar surface area (TPSA) is 110 Å². The van der Waals surface area contributed by atoms with Crippen molar-refractivity contribution in [3.05, 3.63) is 64.1 Å². The van der Waals surface area contributed by atoms with Crippen LogP contribution in [0.15, 0.2) is 48.5 Å². The van der Waals surface area contributed by atoms with E-state index in [9.17, 15) is 14.7 Å². The van der Waals surface area contributed by atoms with Crippen LogP contribution in [-0.4, -0.2) is 65.0 Å². The van der Waals surface area contributed by atoms with E-state index in [0.717, 1.165) is 5.56 Å². The third-order valence-corrected chi connectivity index (χ3v) is 9.22. The number of hydrogen-bond donors (Lipinski definition) is 2. The SMILES string of the molecule is COc1nc(-c2cccc(-c3cccc(B4OC(C)(C)C(C)(C)O4)c3Cl)c2Cl)ccc1CN(C[C@H]1CCC(=O)N1)C(=O)O. The second-order valence-electron chi connectivity index (χ2n) is 11.8. The van der Waals surface area contributed by atoms with Gasteiger partial charge in [-0.2, -0.15) is 0 Å². The van der Waals surface area contributed by atoms with Gasteiger partial charge in [0.15, 0.2) is 0 Å². The van der Waals surface area contributed by atoms with Gasteiger partial charge in [0.05, 0.1) is 35.6 Å². The quantitative estimate of drug-likeness (QED) is 0.305. The molecular weight excluding hydrogens is 592 g/mol. The van der Waals surface area contributed by atoms with Crippen LogP contribution >= 0.6 is 23.2 Å². The number of carbonyl (C=O) groups excluding carboxylic acids is 1. The third-order valence-electron chi connectivity index (χ3n) is 8.39. The van der Waals surface area contributed by atoms with Crippen molar-refractivity contribution in [2.75, 3.05) is 13.7 Å². The molecule has 0 aliphatic carbocycles. The van der Waals surface area contributed by atoms with Gasteiger partial charge >= 0.3 is 13.2 Å². The molecule has 1 atom stereocenters. The van der Waals surface area contributed by atoms with E-state index < -0.39 is 24.4 Å². The maximum Gasteiger partial charge on any atom is 0.496 e. The lowest BCUT2D eigenvalue weighted by molar-refractivity contribution is -0.119. The summed E-state index contributed by atoms with van der Waals surface area (Å²) in [7, 11) is 0.852. The summed E-state index contributed by atoms with van der Waals surface area (Å²) in [4.78, 5) is 29.5. The number of hydrogen-bond acceptors (Lipinski definition) is 6. The first-order chi connectivity index (χ1) is 20.3. The molecule has 5 rings (SSSR count). The molecule has 9 nitrogen and oxygen atoms in total. The van der Waals surface area contributed by atoms with Crippen molar-refractivity contribution >= 4 is 47.8 Å². The highest BCUT2D eigenvalue weighted by Crippen LogP contribution is 2.41. The lowest BCUT2D eigenvalue weighted by Gasteiger charge is -2.32. The number of carboxylic acid groups (broad SMARTS) is 1. The van der Waals surface area contributed by atoms with E-state index in [2.05, 4.69) is 10.3 Å². The zero-order valence-electron chi connectivity index (χ0n) is 24.7. The molecule has 0 spiro atoms. The number of rotatable bonds is 8. The molecule has 0 saturated carbocycles. The molecular formula is C31H34BCl2N3O6. The van der Waals surface area contributed by atoms with Crippen molar-refractivity contribution in [2.24, 2.45) is 0 Å². The number of benzene rings is 2.